The van der Waals surface area contributed by atoms with Gasteiger partial charge in [0.15, 0.2) is 0 Å². The summed E-state index contributed by atoms with van der Waals surface area (Å²) >= 11 is 0. The van der Waals surface area contributed by atoms with E-state index in [0.29, 0.717) is 19.8 Å². The summed E-state index contributed by atoms with van der Waals surface area (Å²) in [6.45, 7) is 1.57. The molecule has 0 aromatic heterocycles. The van der Waals surface area contributed by atoms with Crippen molar-refractivity contribution < 1.29 is 14.3 Å². The molecule has 2 aromatic carbocycles. The minimum Gasteiger partial charge on any atom is -0.448 e. The first-order valence-electron chi connectivity index (χ1n) is 10.7. The van der Waals surface area contributed by atoms with Crippen molar-refractivity contribution in [2.75, 3.05) is 19.8 Å². The zero-order valence-corrected chi connectivity index (χ0v) is 16.4. The van der Waals surface area contributed by atoms with Crippen LogP contribution in [0.2, 0.25) is 0 Å². The van der Waals surface area contributed by atoms with Crippen LogP contribution in [0.15, 0.2) is 60.2 Å². The summed E-state index contributed by atoms with van der Waals surface area (Å²) in [7, 11) is 0. The molecular formula is C25H25NO3. The molecule has 148 valence electrons. The third kappa shape index (κ3) is 2.89. The fourth-order valence-corrected chi connectivity index (χ4v) is 5.34. The molecule has 2 aliphatic heterocycles. The largest absolute Gasteiger partial charge is 0.448 e. The highest BCUT2D eigenvalue weighted by Crippen LogP contribution is 2.45. The Morgan fingerprint density at radius 1 is 1.00 bits per heavy atom. The van der Waals surface area contributed by atoms with Crippen molar-refractivity contribution in [3.05, 3.63) is 71.3 Å². The van der Waals surface area contributed by atoms with Crippen LogP contribution in [-0.2, 0) is 9.47 Å². The number of benzene rings is 2. The van der Waals surface area contributed by atoms with Crippen LogP contribution in [0.25, 0.3) is 11.1 Å². The van der Waals surface area contributed by atoms with E-state index >= 15 is 0 Å². The number of hydrogen-bond acceptors (Lipinski definition) is 3. The van der Waals surface area contributed by atoms with Gasteiger partial charge in [-0.15, -0.1) is 0 Å². The Bertz CT molecular complexity index is 948. The second kappa shape index (κ2) is 6.74. The van der Waals surface area contributed by atoms with Crippen molar-refractivity contribution in [2.45, 2.75) is 37.3 Å². The molecule has 4 heteroatoms. The molecule has 29 heavy (non-hydrogen) atoms. The second-order valence-corrected chi connectivity index (χ2v) is 8.69. The summed E-state index contributed by atoms with van der Waals surface area (Å²) < 4.78 is 11.7. The van der Waals surface area contributed by atoms with E-state index in [9.17, 15) is 4.79 Å². The Morgan fingerprint density at radius 2 is 1.69 bits per heavy atom. The molecule has 2 fully saturated rings. The SMILES string of the molecule is O=C(OCC1c2ccccc2-c2ccccc21)N1C2C=C(C3CC3)CC1COC2. The van der Waals surface area contributed by atoms with Crippen molar-refractivity contribution in [1.29, 1.82) is 0 Å². The van der Waals surface area contributed by atoms with E-state index in [1.807, 2.05) is 4.90 Å². The minimum absolute atomic E-state index is 0.0220. The van der Waals surface area contributed by atoms with E-state index in [2.05, 4.69) is 54.6 Å². The van der Waals surface area contributed by atoms with Gasteiger partial charge < -0.3 is 9.47 Å². The maximum absolute atomic E-state index is 13.1. The summed E-state index contributed by atoms with van der Waals surface area (Å²) in [5, 5.41) is 0. The van der Waals surface area contributed by atoms with Crippen LogP contribution >= 0.6 is 0 Å². The van der Waals surface area contributed by atoms with Gasteiger partial charge >= 0.3 is 6.09 Å². The number of fused-ring (bicyclic) bond motifs is 5. The topological polar surface area (TPSA) is 38.8 Å². The highest BCUT2D eigenvalue weighted by atomic mass is 16.6. The van der Waals surface area contributed by atoms with E-state index in [0.717, 1.165) is 12.3 Å². The van der Waals surface area contributed by atoms with E-state index < -0.39 is 0 Å². The average molecular weight is 387 g/mol. The van der Waals surface area contributed by atoms with Gasteiger partial charge in [0, 0.05) is 5.92 Å². The van der Waals surface area contributed by atoms with E-state index in [4.69, 9.17) is 9.47 Å². The van der Waals surface area contributed by atoms with Crippen molar-refractivity contribution in [1.82, 2.24) is 4.90 Å². The summed E-state index contributed by atoms with van der Waals surface area (Å²) in [5.74, 6) is 0.854. The molecule has 2 bridgehead atoms. The standard InChI is InChI=1S/C25H25NO3/c27-25(26-18-11-17(16-9-10-16)12-19(26)14-28-13-18)29-15-24-22-7-3-1-5-20(22)21-6-2-4-8-23(21)24/h1-8,11,16,18-19,24H,9-10,12-15H2. The number of ether oxygens (including phenoxy) is 2. The van der Waals surface area contributed by atoms with Crippen molar-refractivity contribution in [3.63, 3.8) is 0 Å². The molecule has 4 aliphatic rings. The smallest absolute Gasteiger partial charge is 0.410 e. The molecule has 6 rings (SSSR count). The lowest BCUT2D eigenvalue weighted by Crippen LogP contribution is -2.56. The van der Waals surface area contributed by atoms with Crippen LogP contribution in [-0.4, -0.2) is 42.9 Å². The predicted octanol–water partition coefficient (Wildman–Crippen LogP) is 4.75. The molecule has 0 spiro atoms. The van der Waals surface area contributed by atoms with E-state index in [1.54, 1.807) is 0 Å². The van der Waals surface area contributed by atoms with E-state index in [1.165, 1.54) is 40.7 Å². The van der Waals surface area contributed by atoms with Crippen LogP contribution in [0.3, 0.4) is 0 Å². The lowest BCUT2D eigenvalue weighted by atomic mass is 9.92. The van der Waals surface area contributed by atoms with Crippen molar-refractivity contribution in [3.8, 4) is 11.1 Å². The second-order valence-electron chi connectivity index (χ2n) is 8.69. The number of morpholine rings is 1. The van der Waals surface area contributed by atoms with Crippen molar-refractivity contribution >= 4 is 6.09 Å². The van der Waals surface area contributed by atoms with Gasteiger partial charge in [0.2, 0.25) is 0 Å². The summed E-state index contributed by atoms with van der Waals surface area (Å²) in [4.78, 5) is 15.0. The van der Waals surface area contributed by atoms with Crippen LogP contribution in [0, 0.1) is 5.92 Å². The van der Waals surface area contributed by atoms with Crippen LogP contribution in [0.4, 0.5) is 4.79 Å². The normalized spacial score (nSPS) is 25.2. The molecule has 4 nitrogen and oxygen atoms in total. The van der Waals surface area contributed by atoms with Gasteiger partial charge in [-0.3, -0.25) is 4.90 Å². The number of carbonyl (C=O) groups excluding carboxylic acids is 1. The minimum atomic E-state index is -0.198. The Labute approximate surface area is 171 Å². The lowest BCUT2D eigenvalue weighted by Gasteiger charge is -2.44. The average Bonchev–Trinajstić information content (AvgIpc) is 3.54. The van der Waals surface area contributed by atoms with Crippen LogP contribution in [0.5, 0.6) is 0 Å². The molecule has 2 aliphatic carbocycles. The molecule has 1 amide bonds. The first kappa shape index (κ1) is 17.3. The van der Waals surface area contributed by atoms with Crippen LogP contribution in [0.1, 0.15) is 36.3 Å². The fourth-order valence-electron chi connectivity index (χ4n) is 5.34. The molecular weight excluding hydrogens is 362 g/mol. The van der Waals surface area contributed by atoms with Gasteiger partial charge in [-0.2, -0.15) is 0 Å². The summed E-state index contributed by atoms with van der Waals surface area (Å²) in [6.07, 6.45) is 5.62. The zero-order valence-electron chi connectivity index (χ0n) is 16.4. The lowest BCUT2D eigenvalue weighted by molar-refractivity contribution is -0.0367. The Balaban J connectivity index is 1.22. The molecule has 2 atom stereocenters. The van der Waals surface area contributed by atoms with Gasteiger partial charge in [0.05, 0.1) is 25.3 Å². The van der Waals surface area contributed by atoms with Gasteiger partial charge in [0.1, 0.15) is 6.61 Å². The highest BCUT2D eigenvalue weighted by molar-refractivity contribution is 5.79. The van der Waals surface area contributed by atoms with Gasteiger partial charge in [-0.25, -0.2) is 4.79 Å². The third-order valence-corrected chi connectivity index (χ3v) is 6.88. The zero-order chi connectivity index (χ0) is 19.4. The number of nitrogens with zero attached hydrogens (tertiary/aromatic N) is 1. The maximum atomic E-state index is 13.1. The molecule has 2 heterocycles. The van der Waals surface area contributed by atoms with Crippen LogP contribution < -0.4 is 0 Å². The van der Waals surface area contributed by atoms with Gasteiger partial charge in [-0.1, -0.05) is 60.2 Å². The molecule has 1 saturated heterocycles. The first-order chi connectivity index (χ1) is 14.3. The van der Waals surface area contributed by atoms with Gasteiger partial charge in [-0.05, 0) is 47.4 Å². The fraction of sp³-hybridized carbons (Fsp3) is 0.400. The number of carbonyl (C=O) groups is 1. The number of rotatable bonds is 3. The molecule has 1 saturated carbocycles. The maximum Gasteiger partial charge on any atom is 0.410 e. The third-order valence-electron chi connectivity index (χ3n) is 6.88. The molecule has 0 N–H and O–H groups in total. The number of hydrogen-bond donors (Lipinski definition) is 0. The van der Waals surface area contributed by atoms with E-state index in [-0.39, 0.29) is 24.1 Å². The monoisotopic (exact) mass is 387 g/mol. The summed E-state index contributed by atoms with van der Waals surface area (Å²) in [5.41, 5.74) is 6.54. The molecule has 0 radical (unpaired) electrons. The Morgan fingerprint density at radius 3 is 2.34 bits per heavy atom. The summed E-state index contributed by atoms with van der Waals surface area (Å²) in [6, 6.07) is 17.0. The first-order valence-corrected chi connectivity index (χ1v) is 10.7. The Hall–Kier alpha value is -2.59. The highest BCUT2D eigenvalue weighted by Gasteiger charge is 2.42. The number of amides is 1. The predicted molar refractivity (Wildman–Crippen MR) is 111 cm³/mol. The van der Waals surface area contributed by atoms with Gasteiger partial charge in [0.25, 0.3) is 0 Å². The quantitative estimate of drug-likeness (QED) is 0.714. The van der Waals surface area contributed by atoms with Crippen molar-refractivity contribution in [2.24, 2.45) is 5.92 Å². The molecule has 2 aromatic rings. The molecule has 2 unspecified atom stereocenters. The Kier molecular flexibility index (Phi) is 4.01.